The van der Waals surface area contributed by atoms with Crippen LogP contribution in [0.3, 0.4) is 0 Å². The summed E-state index contributed by atoms with van der Waals surface area (Å²) in [5.41, 5.74) is 8.29. The average molecular weight is 260 g/mol. The van der Waals surface area contributed by atoms with E-state index in [0.29, 0.717) is 6.01 Å². The van der Waals surface area contributed by atoms with Crippen LogP contribution in [0.2, 0.25) is 0 Å². The van der Waals surface area contributed by atoms with Gasteiger partial charge >= 0.3 is 6.01 Å². The molecule has 19 heavy (non-hydrogen) atoms. The Morgan fingerprint density at radius 3 is 2.58 bits per heavy atom. The fraction of sp³-hybridized carbons (Fsp3) is 0.429. The number of hydrogen-bond acceptors (Lipinski definition) is 4. The van der Waals surface area contributed by atoms with Crippen LogP contribution in [0.4, 0.5) is 0 Å². The second kappa shape index (κ2) is 5.40. The van der Waals surface area contributed by atoms with Crippen LogP contribution in [0.25, 0.3) is 0 Å². The first-order valence-electron chi connectivity index (χ1n) is 6.46. The van der Waals surface area contributed by atoms with Crippen molar-refractivity contribution in [3.63, 3.8) is 0 Å². The van der Waals surface area contributed by atoms with Gasteiger partial charge in [0.25, 0.3) is 0 Å². The van der Waals surface area contributed by atoms with E-state index in [9.17, 15) is 0 Å². The summed E-state index contributed by atoms with van der Waals surface area (Å²) in [5.74, 6) is 1.50. The fourth-order valence-corrected chi connectivity index (χ4v) is 1.89. The molecule has 0 spiro atoms. The minimum Gasteiger partial charge on any atom is -0.424 e. The van der Waals surface area contributed by atoms with Gasteiger partial charge in [-0.2, -0.15) is 0 Å². The van der Waals surface area contributed by atoms with Gasteiger partial charge in [-0.1, -0.05) is 11.2 Å². The molecule has 0 bridgehead atoms. The van der Waals surface area contributed by atoms with Crippen molar-refractivity contribution in [1.82, 2.24) is 14.8 Å². The highest BCUT2D eigenvalue weighted by atomic mass is 16.5. The van der Waals surface area contributed by atoms with E-state index in [1.807, 2.05) is 36.6 Å². The minimum atomic E-state index is -0.162. The maximum absolute atomic E-state index is 5.86. The van der Waals surface area contributed by atoms with Crippen LogP contribution in [-0.2, 0) is 6.54 Å². The van der Waals surface area contributed by atoms with E-state index in [4.69, 9.17) is 10.5 Å². The van der Waals surface area contributed by atoms with Crippen LogP contribution in [-0.4, -0.2) is 14.8 Å². The van der Waals surface area contributed by atoms with Gasteiger partial charge in [-0.05, 0) is 51.0 Å². The van der Waals surface area contributed by atoms with Crippen molar-refractivity contribution < 1.29 is 4.74 Å². The van der Waals surface area contributed by atoms with E-state index < -0.39 is 0 Å². The zero-order valence-electron chi connectivity index (χ0n) is 11.8. The summed E-state index contributed by atoms with van der Waals surface area (Å²) >= 11 is 0. The minimum absolute atomic E-state index is 0.162. The molecule has 2 rings (SSSR count). The maximum atomic E-state index is 5.86. The molecule has 5 nitrogen and oxygen atoms in total. The summed E-state index contributed by atoms with van der Waals surface area (Å²) in [4.78, 5) is 0. The molecule has 1 aromatic heterocycles. The van der Waals surface area contributed by atoms with Crippen molar-refractivity contribution in [3.8, 4) is 11.8 Å². The molecule has 0 saturated heterocycles. The van der Waals surface area contributed by atoms with Gasteiger partial charge in [-0.3, -0.25) is 4.57 Å². The van der Waals surface area contributed by atoms with E-state index in [1.54, 1.807) is 0 Å². The van der Waals surface area contributed by atoms with Gasteiger partial charge in [-0.15, -0.1) is 5.10 Å². The molecular formula is C14H20N4O. The van der Waals surface area contributed by atoms with Crippen LogP contribution in [0.5, 0.6) is 11.8 Å². The Bertz CT molecular complexity index is 575. The Labute approximate surface area is 113 Å². The molecule has 1 heterocycles. The first kappa shape index (κ1) is 13.5. The summed E-state index contributed by atoms with van der Waals surface area (Å²) in [6.07, 6.45) is 0. The van der Waals surface area contributed by atoms with E-state index in [0.717, 1.165) is 18.1 Å². The Hall–Kier alpha value is -1.88. The number of hydrogen-bond donors (Lipinski definition) is 1. The van der Waals surface area contributed by atoms with Crippen molar-refractivity contribution in [2.45, 2.75) is 40.3 Å². The number of benzene rings is 1. The van der Waals surface area contributed by atoms with Crippen LogP contribution in [0.1, 0.15) is 36.8 Å². The molecule has 2 N–H and O–H groups in total. The third kappa shape index (κ3) is 2.76. The molecule has 1 atom stereocenters. The third-order valence-electron chi connectivity index (χ3n) is 3.16. The predicted molar refractivity (Wildman–Crippen MR) is 74.3 cm³/mol. The number of rotatable bonds is 4. The zero-order valence-corrected chi connectivity index (χ0v) is 11.8. The molecule has 0 aliphatic carbocycles. The molecule has 0 saturated carbocycles. The Morgan fingerprint density at radius 1 is 1.26 bits per heavy atom. The van der Waals surface area contributed by atoms with Crippen molar-refractivity contribution in [3.05, 3.63) is 35.2 Å². The highest BCUT2D eigenvalue weighted by molar-refractivity contribution is 5.35. The summed E-state index contributed by atoms with van der Waals surface area (Å²) in [6.45, 7) is 8.75. The normalized spacial score (nSPS) is 12.5. The van der Waals surface area contributed by atoms with Gasteiger partial charge in [-0.25, -0.2) is 0 Å². The number of nitrogens with two attached hydrogens (primary N) is 1. The molecule has 5 heteroatoms. The van der Waals surface area contributed by atoms with Gasteiger partial charge in [0, 0.05) is 6.54 Å². The summed E-state index contributed by atoms with van der Waals surface area (Å²) in [6, 6.07) is 6.28. The molecule has 0 aliphatic rings. The Kier molecular flexibility index (Phi) is 3.85. The smallest absolute Gasteiger partial charge is 0.322 e. The van der Waals surface area contributed by atoms with Crippen LogP contribution < -0.4 is 10.5 Å². The SMILES string of the molecule is CCn1c(Oc2ccc(C)c(C)c2)nnc1[C@@H](C)N. The van der Waals surface area contributed by atoms with Crippen molar-refractivity contribution in [1.29, 1.82) is 0 Å². The lowest BCUT2D eigenvalue weighted by Gasteiger charge is -2.10. The molecule has 0 fully saturated rings. The van der Waals surface area contributed by atoms with Gasteiger partial charge in [0.1, 0.15) is 5.75 Å². The van der Waals surface area contributed by atoms with Crippen LogP contribution >= 0.6 is 0 Å². The number of nitrogens with zero attached hydrogens (tertiary/aromatic N) is 3. The third-order valence-corrected chi connectivity index (χ3v) is 3.16. The molecule has 0 amide bonds. The van der Waals surface area contributed by atoms with E-state index >= 15 is 0 Å². The van der Waals surface area contributed by atoms with Gasteiger partial charge in [0.2, 0.25) is 0 Å². The van der Waals surface area contributed by atoms with E-state index in [-0.39, 0.29) is 6.04 Å². The first-order valence-corrected chi connectivity index (χ1v) is 6.46. The van der Waals surface area contributed by atoms with Crippen LogP contribution in [0, 0.1) is 13.8 Å². The largest absolute Gasteiger partial charge is 0.424 e. The van der Waals surface area contributed by atoms with E-state index in [2.05, 4.69) is 24.0 Å². The second-order valence-corrected chi connectivity index (χ2v) is 4.72. The molecule has 0 aliphatic heterocycles. The molecule has 1 aromatic carbocycles. The van der Waals surface area contributed by atoms with E-state index in [1.165, 1.54) is 11.1 Å². The van der Waals surface area contributed by atoms with Crippen LogP contribution in [0.15, 0.2) is 18.2 Å². The number of aromatic nitrogens is 3. The Morgan fingerprint density at radius 2 is 2.00 bits per heavy atom. The highest BCUT2D eigenvalue weighted by Gasteiger charge is 2.15. The summed E-state index contributed by atoms with van der Waals surface area (Å²) < 4.78 is 7.69. The van der Waals surface area contributed by atoms with Crippen molar-refractivity contribution >= 4 is 0 Å². The molecule has 0 unspecified atom stereocenters. The fourth-order valence-electron chi connectivity index (χ4n) is 1.89. The standard InChI is InChI=1S/C14H20N4O/c1-5-18-13(11(4)15)16-17-14(18)19-12-7-6-9(2)10(3)8-12/h6-8,11H,5,15H2,1-4H3/t11-/m1/s1. The monoisotopic (exact) mass is 260 g/mol. The van der Waals surface area contributed by atoms with Gasteiger partial charge in [0.15, 0.2) is 5.82 Å². The Balaban J connectivity index is 2.30. The maximum Gasteiger partial charge on any atom is 0.322 e. The summed E-state index contributed by atoms with van der Waals surface area (Å²) in [7, 11) is 0. The zero-order chi connectivity index (χ0) is 14.0. The highest BCUT2D eigenvalue weighted by Crippen LogP contribution is 2.24. The average Bonchev–Trinajstić information content (AvgIpc) is 2.76. The molecule has 102 valence electrons. The quantitative estimate of drug-likeness (QED) is 0.918. The van der Waals surface area contributed by atoms with Crippen molar-refractivity contribution in [2.24, 2.45) is 5.73 Å². The summed E-state index contributed by atoms with van der Waals surface area (Å²) in [5, 5.41) is 8.15. The second-order valence-electron chi connectivity index (χ2n) is 4.72. The number of aryl methyl sites for hydroxylation is 2. The lowest BCUT2D eigenvalue weighted by Crippen LogP contribution is -2.13. The lowest BCUT2D eigenvalue weighted by atomic mass is 10.1. The van der Waals surface area contributed by atoms with Gasteiger partial charge < -0.3 is 10.5 Å². The predicted octanol–water partition coefficient (Wildman–Crippen LogP) is 2.73. The molecule has 0 radical (unpaired) electrons. The topological polar surface area (TPSA) is 66.0 Å². The number of ether oxygens (including phenoxy) is 1. The molecule has 2 aromatic rings. The lowest BCUT2D eigenvalue weighted by molar-refractivity contribution is 0.408. The first-order chi connectivity index (χ1) is 9.02. The van der Waals surface area contributed by atoms with Crippen molar-refractivity contribution in [2.75, 3.05) is 0 Å². The van der Waals surface area contributed by atoms with Gasteiger partial charge in [0.05, 0.1) is 6.04 Å². The molecular weight excluding hydrogens is 240 g/mol.